The lowest BCUT2D eigenvalue weighted by Gasteiger charge is -2.13. The van der Waals surface area contributed by atoms with Gasteiger partial charge in [0.25, 0.3) is 11.5 Å². The van der Waals surface area contributed by atoms with Crippen molar-refractivity contribution in [3.8, 4) is 11.4 Å². The molecular formula is C22H20ClN3O5. The number of nitrogens with one attached hydrogen (secondary N) is 1. The first-order chi connectivity index (χ1) is 14.9. The zero-order valence-electron chi connectivity index (χ0n) is 16.9. The molecule has 0 aliphatic carbocycles. The van der Waals surface area contributed by atoms with Gasteiger partial charge in [-0.15, -0.1) is 0 Å². The molecule has 2 aromatic carbocycles. The molecule has 160 valence electrons. The van der Waals surface area contributed by atoms with Crippen molar-refractivity contribution in [2.24, 2.45) is 0 Å². The summed E-state index contributed by atoms with van der Waals surface area (Å²) < 4.78 is 11.6. The summed E-state index contributed by atoms with van der Waals surface area (Å²) in [5.74, 6) is -1.39. The third-order valence-electron chi connectivity index (χ3n) is 4.20. The topological polar surface area (TPSA) is 99.5 Å². The Kier molecular flexibility index (Phi) is 7.04. The molecule has 9 heteroatoms. The third-order valence-corrected chi connectivity index (χ3v) is 4.45. The Morgan fingerprint density at radius 2 is 1.84 bits per heavy atom. The molecule has 1 heterocycles. The van der Waals surface area contributed by atoms with Crippen molar-refractivity contribution in [1.82, 2.24) is 9.78 Å². The van der Waals surface area contributed by atoms with Gasteiger partial charge < -0.3 is 14.8 Å². The van der Waals surface area contributed by atoms with E-state index in [9.17, 15) is 14.4 Å². The number of esters is 1. The van der Waals surface area contributed by atoms with Crippen LogP contribution < -0.4 is 15.6 Å². The van der Waals surface area contributed by atoms with Crippen LogP contribution >= 0.6 is 11.6 Å². The van der Waals surface area contributed by atoms with Crippen LogP contribution in [0.5, 0.6) is 5.75 Å². The monoisotopic (exact) mass is 441 g/mol. The molecule has 0 bridgehead atoms. The number of aryl methyl sites for hydroxylation is 1. The van der Waals surface area contributed by atoms with Crippen LogP contribution in [-0.4, -0.2) is 34.9 Å². The first-order valence-corrected chi connectivity index (χ1v) is 9.82. The zero-order valence-corrected chi connectivity index (χ0v) is 17.7. The number of benzene rings is 2. The predicted octanol–water partition coefficient (Wildman–Crippen LogP) is 3.39. The van der Waals surface area contributed by atoms with E-state index >= 15 is 0 Å². The Morgan fingerprint density at radius 1 is 1.13 bits per heavy atom. The number of amides is 1. The van der Waals surface area contributed by atoms with Gasteiger partial charge in [-0.25, -0.2) is 4.79 Å². The van der Waals surface area contributed by atoms with Crippen molar-refractivity contribution in [2.45, 2.75) is 13.8 Å². The summed E-state index contributed by atoms with van der Waals surface area (Å²) in [5.41, 5.74) is 1.11. The number of halogens is 1. The summed E-state index contributed by atoms with van der Waals surface area (Å²) in [5, 5.41) is 7.32. The van der Waals surface area contributed by atoms with Crippen LogP contribution in [0.25, 0.3) is 5.69 Å². The fourth-order valence-corrected chi connectivity index (χ4v) is 2.86. The highest BCUT2D eigenvalue weighted by Gasteiger charge is 2.21. The molecule has 0 atom stereocenters. The van der Waals surface area contributed by atoms with Gasteiger partial charge in [-0.3, -0.25) is 9.59 Å². The fourth-order valence-electron chi connectivity index (χ4n) is 2.74. The largest absolute Gasteiger partial charge is 0.481 e. The van der Waals surface area contributed by atoms with E-state index in [4.69, 9.17) is 21.1 Å². The maximum absolute atomic E-state index is 12.6. The van der Waals surface area contributed by atoms with Crippen LogP contribution in [0, 0.1) is 6.92 Å². The molecule has 1 amide bonds. The minimum atomic E-state index is -0.766. The second kappa shape index (κ2) is 9.90. The number of ether oxygens (including phenoxy) is 2. The third kappa shape index (κ3) is 5.49. The average Bonchev–Trinajstić information content (AvgIpc) is 2.75. The van der Waals surface area contributed by atoms with Crippen LogP contribution in [0.15, 0.2) is 59.4 Å². The lowest BCUT2D eigenvalue weighted by atomic mass is 10.2. The van der Waals surface area contributed by atoms with Crippen molar-refractivity contribution in [3.05, 3.63) is 81.2 Å². The van der Waals surface area contributed by atoms with Gasteiger partial charge >= 0.3 is 5.97 Å². The highest BCUT2D eigenvalue weighted by Crippen LogP contribution is 2.18. The molecule has 0 fully saturated rings. The van der Waals surface area contributed by atoms with Crippen LogP contribution in [-0.2, 0) is 9.53 Å². The second-order valence-corrected chi connectivity index (χ2v) is 6.89. The summed E-state index contributed by atoms with van der Waals surface area (Å²) in [6.07, 6.45) is 0. The van der Waals surface area contributed by atoms with Gasteiger partial charge in [0.1, 0.15) is 0 Å². The highest BCUT2D eigenvalue weighted by molar-refractivity contribution is 6.30. The fraction of sp³-hybridized carbons (Fsp3) is 0.182. The van der Waals surface area contributed by atoms with Crippen molar-refractivity contribution in [3.63, 3.8) is 0 Å². The zero-order chi connectivity index (χ0) is 22.4. The number of nitrogens with zero attached hydrogens (tertiary/aromatic N) is 2. The van der Waals surface area contributed by atoms with E-state index in [1.54, 1.807) is 43.3 Å². The number of aromatic nitrogens is 2. The Bertz CT molecular complexity index is 1160. The van der Waals surface area contributed by atoms with E-state index < -0.39 is 24.0 Å². The van der Waals surface area contributed by atoms with Gasteiger partial charge in [0, 0.05) is 10.7 Å². The summed E-state index contributed by atoms with van der Waals surface area (Å²) >= 11 is 5.82. The van der Waals surface area contributed by atoms with E-state index in [-0.39, 0.29) is 18.1 Å². The van der Waals surface area contributed by atoms with Gasteiger partial charge in [0.05, 0.1) is 18.4 Å². The van der Waals surface area contributed by atoms with Crippen molar-refractivity contribution in [2.75, 3.05) is 18.5 Å². The van der Waals surface area contributed by atoms with Crippen LogP contribution in [0.1, 0.15) is 23.0 Å². The number of carbonyl (C=O) groups is 2. The van der Waals surface area contributed by atoms with Crippen LogP contribution in [0.4, 0.5) is 5.69 Å². The average molecular weight is 442 g/mol. The minimum Gasteiger partial charge on any atom is -0.481 e. The van der Waals surface area contributed by atoms with Crippen LogP contribution in [0.3, 0.4) is 0 Å². The van der Waals surface area contributed by atoms with Crippen molar-refractivity contribution >= 4 is 29.2 Å². The summed E-state index contributed by atoms with van der Waals surface area (Å²) in [6.45, 7) is 3.14. The standard InChI is InChI=1S/C22H20ClN3O5/c1-3-30-22(29)21-18(31-13-19(27)24-16-10-8-15(23)9-11-16)12-20(28)26(25-21)17-7-5-4-6-14(17)2/h4-12H,3,13H2,1-2H3,(H,24,27). The predicted molar refractivity (Wildman–Crippen MR) is 116 cm³/mol. The quantitative estimate of drug-likeness (QED) is 0.564. The van der Waals surface area contributed by atoms with E-state index in [0.717, 1.165) is 16.3 Å². The molecule has 0 aliphatic heterocycles. The minimum absolute atomic E-state index is 0.112. The Labute approximate surface area is 183 Å². The maximum atomic E-state index is 12.6. The molecule has 0 aliphatic rings. The first kappa shape index (κ1) is 22.0. The lowest BCUT2D eigenvalue weighted by molar-refractivity contribution is -0.118. The molecule has 8 nitrogen and oxygen atoms in total. The smallest absolute Gasteiger partial charge is 0.362 e. The van der Waals surface area contributed by atoms with E-state index in [0.29, 0.717) is 16.4 Å². The molecule has 31 heavy (non-hydrogen) atoms. The molecule has 0 radical (unpaired) electrons. The molecule has 0 saturated heterocycles. The molecular weight excluding hydrogens is 422 g/mol. The summed E-state index contributed by atoms with van der Waals surface area (Å²) in [6, 6.07) is 14.8. The van der Waals surface area contributed by atoms with Crippen LogP contribution in [0.2, 0.25) is 5.02 Å². The SMILES string of the molecule is CCOC(=O)c1nn(-c2ccccc2C)c(=O)cc1OCC(=O)Nc1ccc(Cl)cc1. The number of rotatable bonds is 7. The molecule has 1 N–H and O–H groups in total. The van der Waals surface area contributed by atoms with Gasteiger partial charge in [0.15, 0.2) is 12.4 Å². The molecule has 3 aromatic rings. The molecule has 0 saturated carbocycles. The summed E-state index contributed by atoms with van der Waals surface area (Å²) in [7, 11) is 0. The van der Waals surface area contributed by atoms with E-state index in [2.05, 4.69) is 10.4 Å². The molecule has 1 aromatic heterocycles. The van der Waals surface area contributed by atoms with Crippen molar-refractivity contribution < 1.29 is 19.1 Å². The number of carbonyl (C=O) groups excluding carboxylic acids is 2. The Morgan fingerprint density at radius 3 is 2.52 bits per heavy atom. The highest BCUT2D eigenvalue weighted by atomic mass is 35.5. The Balaban J connectivity index is 1.86. The number of hydrogen-bond acceptors (Lipinski definition) is 6. The molecule has 3 rings (SSSR count). The van der Waals surface area contributed by atoms with Gasteiger partial charge in [-0.2, -0.15) is 9.78 Å². The summed E-state index contributed by atoms with van der Waals surface area (Å²) in [4.78, 5) is 37.3. The second-order valence-electron chi connectivity index (χ2n) is 6.46. The first-order valence-electron chi connectivity index (χ1n) is 9.44. The van der Waals surface area contributed by atoms with Gasteiger partial charge in [0.2, 0.25) is 5.69 Å². The Hall–Kier alpha value is -3.65. The molecule has 0 unspecified atom stereocenters. The number of hydrogen-bond donors (Lipinski definition) is 1. The maximum Gasteiger partial charge on any atom is 0.362 e. The van der Waals surface area contributed by atoms with Crippen molar-refractivity contribution in [1.29, 1.82) is 0 Å². The molecule has 0 spiro atoms. The van der Waals surface area contributed by atoms with Gasteiger partial charge in [-0.1, -0.05) is 29.8 Å². The lowest BCUT2D eigenvalue weighted by Crippen LogP contribution is -2.27. The number of para-hydroxylation sites is 1. The number of anilines is 1. The van der Waals surface area contributed by atoms with E-state index in [1.165, 1.54) is 0 Å². The van der Waals surface area contributed by atoms with Gasteiger partial charge in [-0.05, 0) is 49.7 Å². The normalized spacial score (nSPS) is 10.4. The van der Waals surface area contributed by atoms with E-state index in [1.807, 2.05) is 19.1 Å².